The van der Waals surface area contributed by atoms with Crippen molar-refractivity contribution in [2.24, 2.45) is 0 Å². The molecule has 0 fully saturated rings. The lowest BCUT2D eigenvalue weighted by atomic mass is 10.1. The molecule has 0 aliphatic rings. The van der Waals surface area contributed by atoms with Crippen LogP contribution in [0.25, 0.3) is 0 Å². The van der Waals surface area contributed by atoms with Crippen LogP contribution in [-0.4, -0.2) is 17.5 Å². The molecule has 0 saturated carbocycles. The summed E-state index contributed by atoms with van der Waals surface area (Å²) in [6.07, 6.45) is 0. The van der Waals surface area contributed by atoms with Crippen molar-refractivity contribution in [2.75, 3.05) is 5.32 Å². The highest BCUT2D eigenvalue weighted by molar-refractivity contribution is 6.37. The summed E-state index contributed by atoms with van der Waals surface area (Å²) < 4.78 is 4.98. The first kappa shape index (κ1) is 14.2. The summed E-state index contributed by atoms with van der Waals surface area (Å²) >= 11 is 0. The molecule has 98 valence electrons. The number of hydrogen-bond donors (Lipinski definition) is 1. The first-order valence-electron chi connectivity index (χ1n) is 5.80. The topological polar surface area (TPSA) is 55.4 Å². The minimum absolute atomic E-state index is 0.600. The van der Waals surface area contributed by atoms with E-state index in [4.69, 9.17) is 4.74 Å². The molecule has 4 heteroatoms. The van der Waals surface area contributed by atoms with Crippen LogP contribution >= 0.6 is 0 Å². The van der Waals surface area contributed by atoms with Gasteiger partial charge in [0.25, 0.3) is 0 Å². The Morgan fingerprint density at radius 3 is 2.00 bits per heavy atom. The van der Waals surface area contributed by atoms with Gasteiger partial charge in [0.1, 0.15) is 5.60 Å². The molecule has 1 N–H and O–H groups in total. The molecule has 1 aromatic rings. The molecule has 0 aromatic heterocycles. The van der Waals surface area contributed by atoms with Crippen molar-refractivity contribution in [1.82, 2.24) is 0 Å². The highest BCUT2D eigenvalue weighted by Crippen LogP contribution is 2.14. The Kier molecular flexibility index (Phi) is 4.11. The van der Waals surface area contributed by atoms with Crippen LogP contribution < -0.4 is 5.32 Å². The minimum Gasteiger partial charge on any atom is -0.453 e. The maximum atomic E-state index is 11.6. The van der Waals surface area contributed by atoms with Crippen LogP contribution in [0.3, 0.4) is 0 Å². The van der Waals surface area contributed by atoms with Gasteiger partial charge in [-0.2, -0.15) is 0 Å². The van der Waals surface area contributed by atoms with Gasteiger partial charge in [-0.15, -0.1) is 0 Å². The monoisotopic (exact) mass is 249 g/mol. The second kappa shape index (κ2) is 5.21. The number of ether oxygens (including phenoxy) is 1. The number of amides is 1. The summed E-state index contributed by atoms with van der Waals surface area (Å²) in [4.78, 5) is 23.1. The second-order valence-corrected chi connectivity index (χ2v) is 5.33. The number of aryl methyl sites for hydroxylation is 2. The van der Waals surface area contributed by atoms with Crippen LogP contribution in [0.5, 0.6) is 0 Å². The molecule has 0 bridgehead atoms. The van der Waals surface area contributed by atoms with Gasteiger partial charge in [-0.1, -0.05) is 6.07 Å². The Labute approximate surface area is 107 Å². The summed E-state index contributed by atoms with van der Waals surface area (Å²) in [5.41, 5.74) is 1.98. The number of carbonyl (C=O) groups excluding carboxylic acids is 2. The molecule has 0 atom stereocenters. The van der Waals surface area contributed by atoms with Gasteiger partial charge in [-0.3, -0.25) is 4.79 Å². The molecule has 0 saturated heterocycles. The molecule has 0 aliphatic carbocycles. The average molecular weight is 249 g/mol. The van der Waals surface area contributed by atoms with Crippen LogP contribution in [0.15, 0.2) is 18.2 Å². The minimum atomic E-state index is -0.873. The fraction of sp³-hybridized carbons (Fsp3) is 0.429. The first-order valence-corrected chi connectivity index (χ1v) is 5.80. The normalized spacial score (nSPS) is 10.9. The van der Waals surface area contributed by atoms with Gasteiger partial charge in [-0.25, -0.2) is 4.79 Å². The number of anilines is 1. The molecule has 1 rings (SSSR count). The van der Waals surface area contributed by atoms with E-state index < -0.39 is 17.5 Å². The predicted octanol–water partition coefficient (Wildman–Crippen LogP) is 2.58. The summed E-state index contributed by atoms with van der Waals surface area (Å²) in [5.74, 6) is -1.63. The maximum absolute atomic E-state index is 11.6. The quantitative estimate of drug-likeness (QED) is 0.614. The zero-order chi connectivity index (χ0) is 13.9. The first-order chi connectivity index (χ1) is 8.17. The predicted molar refractivity (Wildman–Crippen MR) is 70.4 cm³/mol. The van der Waals surface area contributed by atoms with E-state index in [0.29, 0.717) is 5.69 Å². The largest absolute Gasteiger partial charge is 0.453 e. The zero-order valence-electron chi connectivity index (χ0n) is 11.5. The van der Waals surface area contributed by atoms with Crippen molar-refractivity contribution in [2.45, 2.75) is 40.2 Å². The van der Waals surface area contributed by atoms with Crippen LogP contribution in [-0.2, 0) is 14.3 Å². The van der Waals surface area contributed by atoms with Crippen LogP contribution in [0.2, 0.25) is 0 Å². The van der Waals surface area contributed by atoms with Gasteiger partial charge in [0.15, 0.2) is 0 Å². The Balaban J connectivity index is 2.73. The van der Waals surface area contributed by atoms with Gasteiger partial charge in [0.05, 0.1) is 0 Å². The number of rotatable bonds is 1. The molecule has 1 amide bonds. The lowest BCUT2D eigenvalue weighted by Gasteiger charge is -2.18. The molecule has 0 spiro atoms. The van der Waals surface area contributed by atoms with Crippen molar-refractivity contribution in [3.8, 4) is 0 Å². The standard InChI is InChI=1S/C14H19NO3/c1-9-6-10(2)8-11(7-9)15-12(16)13(17)18-14(3,4)5/h6-8H,1-5H3,(H,15,16). The van der Waals surface area contributed by atoms with Crippen molar-refractivity contribution < 1.29 is 14.3 Å². The average Bonchev–Trinajstić information content (AvgIpc) is 2.12. The number of benzene rings is 1. The van der Waals surface area contributed by atoms with E-state index >= 15 is 0 Å². The van der Waals surface area contributed by atoms with E-state index in [1.165, 1.54) is 0 Å². The summed E-state index contributed by atoms with van der Waals surface area (Å²) in [6.45, 7) is 9.01. The molecule has 0 radical (unpaired) electrons. The van der Waals surface area contributed by atoms with Crippen LogP contribution in [0.4, 0.5) is 5.69 Å². The van der Waals surface area contributed by atoms with E-state index in [1.54, 1.807) is 32.9 Å². The van der Waals surface area contributed by atoms with E-state index in [1.807, 2.05) is 19.9 Å². The molecule has 0 aliphatic heterocycles. The molecular formula is C14H19NO3. The molecular weight excluding hydrogens is 230 g/mol. The molecule has 0 unspecified atom stereocenters. The van der Waals surface area contributed by atoms with Crippen LogP contribution in [0, 0.1) is 13.8 Å². The smallest absolute Gasteiger partial charge is 0.397 e. The van der Waals surface area contributed by atoms with Crippen molar-refractivity contribution in [3.05, 3.63) is 29.3 Å². The van der Waals surface area contributed by atoms with Gasteiger partial charge >= 0.3 is 11.9 Å². The lowest BCUT2D eigenvalue weighted by molar-refractivity contribution is -0.161. The van der Waals surface area contributed by atoms with Crippen molar-refractivity contribution in [1.29, 1.82) is 0 Å². The molecule has 0 heterocycles. The van der Waals surface area contributed by atoms with E-state index in [-0.39, 0.29) is 0 Å². The van der Waals surface area contributed by atoms with Gasteiger partial charge in [-0.05, 0) is 57.9 Å². The van der Waals surface area contributed by atoms with Crippen LogP contribution in [0.1, 0.15) is 31.9 Å². The third kappa shape index (κ3) is 4.57. The molecule has 1 aromatic carbocycles. The lowest BCUT2D eigenvalue weighted by Crippen LogP contribution is -2.32. The number of hydrogen-bond acceptors (Lipinski definition) is 3. The van der Waals surface area contributed by atoms with E-state index in [2.05, 4.69) is 5.32 Å². The van der Waals surface area contributed by atoms with Crippen molar-refractivity contribution in [3.63, 3.8) is 0 Å². The van der Waals surface area contributed by atoms with Gasteiger partial charge in [0.2, 0.25) is 0 Å². The SMILES string of the molecule is Cc1cc(C)cc(NC(=O)C(=O)OC(C)(C)C)c1. The molecule has 18 heavy (non-hydrogen) atoms. The Hall–Kier alpha value is -1.84. The highest BCUT2D eigenvalue weighted by Gasteiger charge is 2.22. The Bertz CT molecular complexity index is 452. The van der Waals surface area contributed by atoms with E-state index in [0.717, 1.165) is 11.1 Å². The number of esters is 1. The zero-order valence-corrected chi connectivity index (χ0v) is 11.5. The van der Waals surface area contributed by atoms with Gasteiger partial charge in [0, 0.05) is 5.69 Å². The fourth-order valence-electron chi connectivity index (χ4n) is 1.55. The van der Waals surface area contributed by atoms with Gasteiger partial charge < -0.3 is 10.1 Å². The Morgan fingerprint density at radius 2 is 1.56 bits per heavy atom. The van der Waals surface area contributed by atoms with Crippen molar-refractivity contribution >= 4 is 17.6 Å². The fourth-order valence-corrected chi connectivity index (χ4v) is 1.55. The van der Waals surface area contributed by atoms with E-state index in [9.17, 15) is 9.59 Å². The molecule has 4 nitrogen and oxygen atoms in total. The second-order valence-electron chi connectivity index (χ2n) is 5.33. The third-order valence-corrected chi connectivity index (χ3v) is 2.06. The number of nitrogens with one attached hydrogen (secondary N) is 1. The highest BCUT2D eigenvalue weighted by atomic mass is 16.6. The Morgan fingerprint density at radius 1 is 1.06 bits per heavy atom. The third-order valence-electron chi connectivity index (χ3n) is 2.06. The number of carbonyl (C=O) groups is 2. The summed E-state index contributed by atoms with van der Waals surface area (Å²) in [6, 6.07) is 5.59. The maximum Gasteiger partial charge on any atom is 0.397 e. The summed E-state index contributed by atoms with van der Waals surface area (Å²) in [5, 5.41) is 2.53. The summed E-state index contributed by atoms with van der Waals surface area (Å²) in [7, 11) is 0.